The Balaban J connectivity index is -0.000000506. The van der Waals surface area contributed by atoms with E-state index < -0.39 is 0 Å². The summed E-state index contributed by atoms with van der Waals surface area (Å²) in [5.74, 6) is 0. The average Bonchev–Trinajstić information content (AvgIpc) is 2.28. The van der Waals surface area contributed by atoms with Crippen molar-refractivity contribution in [3.05, 3.63) is 11.6 Å². The molecule has 0 saturated heterocycles. The van der Waals surface area contributed by atoms with E-state index in [-0.39, 0.29) is 16.9 Å². The van der Waals surface area contributed by atoms with Crippen LogP contribution in [-0.4, -0.2) is 13.2 Å². The lowest BCUT2D eigenvalue weighted by Crippen LogP contribution is -2.27. The summed E-state index contributed by atoms with van der Waals surface area (Å²) in [4.78, 5) is 0. The van der Waals surface area contributed by atoms with Gasteiger partial charge in [0.05, 0.1) is 6.10 Å². The summed E-state index contributed by atoms with van der Waals surface area (Å²) in [5.41, 5.74) is 1.79. The zero-order chi connectivity index (χ0) is 15.6. The molecular formula is C17H38O. The standard InChI is InChI=1S/C13H26O.2C2H6/c1-10(12(2,3)4)9-11(14-8)13(5,6)7;2*1-2/h9,11H,1-8H3;2*1-2H3/b10-9+;;. The third-order valence-electron chi connectivity index (χ3n) is 2.69. The van der Waals surface area contributed by atoms with E-state index in [1.165, 1.54) is 5.57 Å². The van der Waals surface area contributed by atoms with E-state index in [0.717, 1.165) is 0 Å². The van der Waals surface area contributed by atoms with Gasteiger partial charge in [-0.3, -0.25) is 0 Å². The van der Waals surface area contributed by atoms with Gasteiger partial charge in [0, 0.05) is 7.11 Å². The van der Waals surface area contributed by atoms with Gasteiger partial charge in [-0.1, -0.05) is 80.9 Å². The first-order valence-corrected chi connectivity index (χ1v) is 7.30. The molecule has 0 saturated carbocycles. The maximum atomic E-state index is 5.50. The van der Waals surface area contributed by atoms with Crippen LogP contribution in [0.15, 0.2) is 11.6 Å². The molecule has 112 valence electrons. The van der Waals surface area contributed by atoms with Gasteiger partial charge in [-0.2, -0.15) is 0 Å². The van der Waals surface area contributed by atoms with Gasteiger partial charge in [0.15, 0.2) is 0 Å². The van der Waals surface area contributed by atoms with E-state index in [9.17, 15) is 0 Å². The largest absolute Gasteiger partial charge is 0.377 e. The molecule has 0 radical (unpaired) electrons. The number of ether oxygens (including phenoxy) is 1. The molecular weight excluding hydrogens is 220 g/mol. The monoisotopic (exact) mass is 258 g/mol. The number of hydrogen-bond donors (Lipinski definition) is 0. The maximum absolute atomic E-state index is 5.50. The first kappa shape index (κ1) is 22.8. The lowest BCUT2D eigenvalue weighted by atomic mass is 9.82. The molecule has 0 bridgehead atoms. The van der Waals surface area contributed by atoms with Crippen molar-refractivity contribution in [2.24, 2.45) is 10.8 Å². The fourth-order valence-electron chi connectivity index (χ4n) is 1.15. The zero-order valence-electron chi connectivity index (χ0n) is 15.1. The van der Waals surface area contributed by atoms with E-state index >= 15 is 0 Å². The van der Waals surface area contributed by atoms with Gasteiger partial charge < -0.3 is 4.74 Å². The second-order valence-electron chi connectivity index (χ2n) is 6.12. The van der Waals surface area contributed by atoms with Gasteiger partial charge in [0.1, 0.15) is 0 Å². The van der Waals surface area contributed by atoms with Crippen LogP contribution in [0, 0.1) is 10.8 Å². The van der Waals surface area contributed by atoms with Gasteiger partial charge in [-0.15, -0.1) is 0 Å². The molecule has 0 aromatic carbocycles. The first-order chi connectivity index (χ1) is 8.09. The van der Waals surface area contributed by atoms with Crippen LogP contribution >= 0.6 is 0 Å². The summed E-state index contributed by atoms with van der Waals surface area (Å²) in [5, 5.41) is 0. The molecule has 0 aromatic rings. The van der Waals surface area contributed by atoms with Gasteiger partial charge in [0.25, 0.3) is 0 Å². The molecule has 1 atom stereocenters. The summed E-state index contributed by atoms with van der Waals surface area (Å²) in [7, 11) is 1.78. The summed E-state index contributed by atoms with van der Waals surface area (Å²) >= 11 is 0. The molecule has 0 spiro atoms. The highest BCUT2D eigenvalue weighted by Crippen LogP contribution is 2.29. The minimum Gasteiger partial charge on any atom is -0.377 e. The fraction of sp³-hybridized carbons (Fsp3) is 0.882. The van der Waals surface area contributed by atoms with Crippen LogP contribution in [0.4, 0.5) is 0 Å². The molecule has 18 heavy (non-hydrogen) atoms. The molecule has 1 heteroatoms. The predicted molar refractivity (Wildman–Crippen MR) is 86.2 cm³/mol. The fourth-order valence-corrected chi connectivity index (χ4v) is 1.15. The van der Waals surface area contributed by atoms with Crippen molar-refractivity contribution in [3.63, 3.8) is 0 Å². The molecule has 1 nitrogen and oxygen atoms in total. The Labute approximate surface area is 117 Å². The van der Waals surface area contributed by atoms with Crippen molar-refractivity contribution < 1.29 is 4.74 Å². The lowest BCUT2D eigenvalue weighted by molar-refractivity contribution is 0.0521. The summed E-state index contributed by atoms with van der Waals surface area (Å²) in [6.07, 6.45) is 2.45. The van der Waals surface area contributed by atoms with E-state index in [4.69, 9.17) is 4.74 Å². The van der Waals surface area contributed by atoms with Gasteiger partial charge in [-0.25, -0.2) is 0 Å². The molecule has 0 fully saturated rings. The number of hydrogen-bond acceptors (Lipinski definition) is 1. The van der Waals surface area contributed by atoms with Crippen LogP contribution in [0.1, 0.15) is 76.2 Å². The Kier molecular flexibility index (Phi) is 13.5. The third-order valence-corrected chi connectivity index (χ3v) is 2.69. The highest BCUT2D eigenvalue weighted by Gasteiger charge is 2.24. The molecule has 0 heterocycles. The second-order valence-corrected chi connectivity index (χ2v) is 6.12. The molecule has 0 aliphatic carbocycles. The van der Waals surface area contributed by atoms with Gasteiger partial charge in [-0.05, 0) is 17.8 Å². The summed E-state index contributed by atoms with van der Waals surface area (Å²) < 4.78 is 5.50. The summed E-state index contributed by atoms with van der Waals surface area (Å²) in [6.45, 7) is 23.5. The summed E-state index contributed by atoms with van der Waals surface area (Å²) in [6, 6.07) is 0. The van der Waals surface area contributed by atoms with Crippen molar-refractivity contribution in [1.29, 1.82) is 0 Å². The van der Waals surface area contributed by atoms with Crippen molar-refractivity contribution in [2.45, 2.75) is 82.3 Å². The van der Waals surface area contributed by atoms with Crippen molar-refractivity contribution in [3.8, 4) is 0 Å². The third kappa shape index (κ3) is 10.8. The van der Waals surface area contributed by atoms with Crippen LogP contribution in [-0.2, 0) is 4.74 Å². The Morgan fingerprint density at radius 3 is 1.39 bits per heavy atom. The molecule has 0 N–H and O–H groups in total. The average molecular weight is 258 g/mol. The topological polar surface area (TPSA) is 9.23 Å². The lowest BCUT2D eigenvalue weighted by Gasteiger charge is -2.29. The first-order valence-electron chi connectivity index (χ1n) is 7.30. The van der Waals surface area contributed by atoms with Crippen LogP contribution in [0.5, 0.6) is 0 Å². The minimum atomic E-state index is 0.168. The second kappa shape index (κ2) is 10.6. The van der Waals surface area contributed by atoms with Crippen molar-refractivity contribution >= 4 is 0 Å². The minimum absolute atomic E-state index is 0.168. The van der Waals surface area contributed by atoms with Crippen LogP contribution in [0.25, 0.3) is 0 Å². The molecule has 0 aliphatic rings. The Bertz CT molecular complexity index is 201. The molecule has 0 aliphatic heterocycles. The van der Waals surface area contributed by atoms with Crippen molar-refractivity contribution in [1.82, 2.24) is 0 Å². The predicted octanol–water partition coefficient (Wildman–Crippen LogP) is 6.09. The maximum Gasteiger partial charge on any atom is 0.0802 e. The van der Waals surface area contributed by atoms with Crippen LogP contribution in [0.2, 0.25) is 0 Å². The molecule has 0 aromatic heterocycles. The molecule has 0 amide bonds. The number of allylic oxidation sites excluding steroid dienone is 1. The molecule has 0 rings (SSSR count). The Hall–Kier alpha value is -0.300. The highest BCUT2D eigenvalue weighted by atomic mass is 16.5. The smallest absolute Gasteiger partial charge is 0.0802 e. The zero-order valence-corrected chi connectivity index (χ0v) is 15.1. The van der Waals surface area contributed by atoms with E-state index in [1.54, 1.807) is 7.11 Å². The number of rotatable bonds is 2. The van der Waals surface area contributed by atoms with Gasteiger partial charge >= 0.3 is 0 Å². The van der Waals surface area contributed by atoms with E-state index in [1.807, 2.05) is 27.7 Å². The van der Waals surface area contributed by atoms with Crippen LogP contribution in [0.3, 0.4) is 0 Å². The molecule has 1 unspecified atom stereocenters. The highest BCUT2D eigenvalue weighted by molar-refractivity contribution is 5.11. The van der Waals surface area contributed by atoms with E-state index in [2.05, 4.69) is 54.5 Å². The van der Waals surface area contributed by atoms with Crippen LogP contribution < -0.4 is 0 Å². The SMILES string of the molecule is CC.CC.COC(/C=C(\C)C(C)(C)C)C(C)(C)C. The Morgan fingerprint density at radius 2 is 1.22 bits per heavy atom. The Morgan fingerprint density at radius 1 is 0.889 bits per heavy atom. The number of methoxy groups -OCH3 is 1. The van der Waals surface area contributed by atoms with Gasteiger partial charge in [0.2, 0.25) is 0 Å². The normalized spacial score (nSPS) is 13.9. The van der Waals surface area contributed by atoms with Crippen molar-refractivity contribution in [2.75, 3.05) is 7.11 Å². The van der Waals surface area contributed by atoms with E-state index in [0.29, 0.717) is 0 Å². The quantitative estimate of drug-likeness (QED) is 0.544.